The molecule has 2 aromatic rings. The highest BCUT2D eigenvalue weighted by Crippen LogP contribution is 2.28. The van der Waals surface area contributed by atoms with Gasteiger partial charge in [0.2, 0.25) is 0 Å². The van der Waals surface area contributed by atoms with Crippen LogP contribution in [0.5, 0.6) is 5.75 Å². The van der Waals surface area contributed by atoms with Crippen LogP contribution in [0.1, 0.15) is 11.4 Å². The molecule has 0 spiro atoms. The van der Waals surface area contributed by atoms with Gasteiger partial charge < -0.3 is 4.74 Å². The van der Waals surface area contributed by atoms with E-state index >= 15 is 0 Å². The van der Waals surface area contributed by atoms with E-state index in [0.717, 1.165) is 0 Å². The van der Waals surface area contributed by atoms with Crippen LogP contribution in [0.4, 0.5) is 5.69 Å². The lowest BCUT2D eigenvalue weighted by atomic mass is 10.3. The summed E-state index contributed by atoms with van der Waals surface area (Å²) in [6, 6.07) is 4.28. The van der Waals surface area contributed by atoms with Gasteiger partial charge in [-0.05, 0) is 32.0 Å². The number of nitrogens with one attached hydrogen (secondary N) is 2. The molecule has 0 saturated carbocycles. The third-order valence-corrected chi connectivity index (χ3v) is 4.44. The van der Waals surface area contributed by atoms with Crippen molar-refractivity contribution in [3.05, 3.63) is 34.6 Å². The molecule has 8 heteroatoms. The molecule has 0 bridgehead atoms. The van der Waals surface area contributed by atoms with E-state index in [-0.39, 0.29) is 9.92 Å². The van der Waals surface area contributed by atoms with Crippen LogP contribution in [0.25, 0.3) is 0 Å². The summed E-state index contributed by atoms with van der Waals surface area (Å²) < 4.78 is 32.1. The molecule has 1 aromatic heterocycles. The summed E-state index contributed by atoms with van der Waals surface area (Å²) in [5.41, 5.74) is 1.66. The van der Waals surface area contributed by atoms with Crippen molar-refractivity contribution in [2.45, 2.75) is 18.7 Å². The number of aryl methyl sites for hydroxylation is 2. The van der Waals surface area contributed by atoms with Crippen LogP contribution in [0.2, 0.25) is 5.02 Å². The van der Waals surface area contributed by atoms with Crippen LogP contribution in [0, 0.1) is 13.8 Å². The Morgan fingerprint density at radius 1 is 1.35 bits per heavy atom. The zero-order chi connectivity index (χ0) is 14.9. The van der Waals surface area contributed by atoms with Gasteiger partial charge in [0.15, 0.2) is 0 Å². The average molecular weight is 316 g/mol. The molecule has 0 aliphatic carbocycles. The van der Waals surface area contributed by atoms with Crippen molar-refractivity contribution in [1.29, 1.82) is 0 Å². The third-order valence-electron chi connectivity index (χ3n) is 2.80. The molecule has 0 atom stereocenters. The van der Waals surface area contributed by atoms with Gasteiger partial charge in [-0.3, -0.25) is 9.82 Å². The summed E-state index contributed by atoms with van der Waals surface area (Å²) in [7, 11) is -2.26. The summed E-state index contributed by atoms with van der Waals surface area (Å²) in [5.74, 6) is 0.418. The Kier molecular flexibility index (Phi) is 3.92. The first-order valence-corrected chi connectivity index (χ1v) is 7.59. The molecule has 0 amide bonds. The number of nitrogens with zero attached hydrogens (tertiary/aromatic N) is 1. The van der Waals surface area contributed by atoms with E-state index in [1.807, 2.05) is 0 Å². The second-order valence-electron chi connectivity index (χ2n) is 4.21. The Morgan fingerprint density at radius 3 is 2.55 bits per heavy atom. The smallest absolute Gasteiger partial charge is 0.262 e. The molecule has 20 heavy (non-hydrogen) atoms. The SMILES string of the molecule is COc1ccc(S(=O)(=O)Nc2c(C)n[nH]c2C)cc1Cl. The first kappa shape index (κ1) is 14.7. The average Bonchev–Trinajstić information content (AvgIpc) is 2.70. The first-order chi connectivity index (χ1) is 9.35. The number of hydrogen-bond donors (Lipinski definition) is 2. The highest BCUT2D eigenvalue weighted by atomic mass is 35.5. The standard InChI is InChI=1S/C12H14ClN3O3S/c1-7-12(8(2)15-14-7)16-20(17,18)9-4-5-11(19-3)10(13)6-9/h4-6,16H,1-3H3,(H,14,15). The minimum atomic E-state index is -3.73. The van der Waals surface area contributed by atoms with Crippen LogP contribution in [-0.2, 0) is 10.0 Å². The summed E-state index contributed by atoms with van der Waals surface area (Å²) in [4.78, 5) is 0.0586. The van der Waals surface area contributed by atoms with Gasteiger partial charge in [0.1, 0.15) is 5.75 Å². The van der Waals surface area contributed by atoms with Crippen molar-refractivity contribution in [2.75, 3.05) is 11.8 Å². The predicted octanol–water partition coefficient (Wildman–Crippen LogP) is 2.49. The van der Waals surface area contributed by atoms with Gasteiger partial charge in [-0.2, -0.15) is 5.10 Å². The zero-order valence-electron chi connectivity index (χ0n) is 11.2. The van der Waals surface area contributed by atoms with Crippen LogP contribution >= 0.6 is 11.6 Å². The molecule has 0 aliphatic heterocycles. The number of halogens is 1. The fourth-order valence-corrected chi connectivity index (χ4v) is 3.24. The minimum absolute atomic E-state index is 0.0586. The van der Waals surface area contributed by atoms with Gasteiger partial charge in [-0.15, -0.1) is 0 Å². The molecule has 0 radical (unpaired) electrons. The molecule has 0 saturated heterocycles. The Morgan fingerprint density at radius 2 is 2.05 bits per heavy atom. The predicted molar refractivity (Wildman–Crippen MR) is 76.9 cm³/mol. The van der Waals surface area contributed by atoms with E-state index in [0.29, 0.717) is 22.8 Å². The molecule has 0 aliphatic rings. The van der Waals surface area contributed by atoms with E-state index in [2.05, 4.69) is 14.9 Å². The topological polar surface area (TPSA) is 84.1 Å². The number of aromatic nitrogens is 2. The lowest BCUT2D eigenvalue weighted by Crippen LogP contribution is -2.14. The number of H-pyrrole nitrogens is 1. The second kappa shape index (κ2) is 5.34. The fraction of sp³-hybridized carbons (Fsp3) is 0.250. The van der Waals surface area contributed by atoms with Gasteiger partial charge in [0, 0.05) is 0 Å². The Bertz CT molecular complexity index is 721. The monoisotopic (exact) mass is 315 g/mol. The van der Waals surface area contributed by atoms with Gasteiger partial charge >= 0.3 is 0 Å². The molecular weight excluding hydrogens is 302 g/mol. The third kappa shape index (κ3) is 2.73. The molecule has 1 heterocycles. The number of methoxy groups -OCH3 is 1. The zero-order valence-corrected chi connectivity index (χ0v) is 12.8. The molecule has 1 aromatic carbocycles. The molecule has 6 nitrogen and oxygen atoms in total. The second-order valence-corrected chi connectivity index (χ2v) is 6.30. The Hall–Kier alpha value is -1.73. The maximum absolute atomic E-state index is 12.3. The van der Waals surface area contributed by atoms with Crippen LogP contribution < -0.4 is 9.46 Å². The molecule has 2 N–H and O–H groups in total. The van der Waals surface area contributed by atoms with Crippen molar-refractivity contribution < 1.29 is 13.2 Å². The maximum atomic E-state index is 12.3. The summed E-state index contributed by atoms with van der Waals surface area (Å²) in [5, 5.41) is 6.89. The lowest BCUT2D eigenvalue weighted by molar-refractivity contribution is 0.414. The van der Waals surface area contributed by atoms with Crippen molar-refractivity contribution in [1.82, 2.24) is 10.2 Å². The Labute approximate surface area is 122 Å². The van der Waals surface area contributed by atoms with Crippen molar-refractivity contribution in [3.8, 4) is 5.75 Å². The van der Waals surface area contributed by atoms with Crippen LogP contribution in [0.3, 0.4) is 0 Å². The fourth-order valence-electron chi connectivity index (χ4n) is 1.71. The van der Waals surface area contributed by atoms with Crippen molar-refractivity contribution >= 4 is 27.3 Å². The number of hydrogen-bond acceptors (Lipinski definition) is 4. The number of rotatable bonds is 4. The van der Waals surface area contributed by atoms with Crippen LogP contribution in [-0.4, -0.2) is 25.7 Å². The highest BCUT2D eigenvalue weighted by molar-refractivity contribution is 7.92. The summed E-state index contributed by atoms with van der Waals surface area (Å²) in [6.07, 6.45) is 0. The lowest BCUT2D eigenvalue weighted by Gasteiger charge is -2.10. The van der Waals surface area contributed by atoms with E-state index in [9.17, 15) is 8.42 Å². The molecule has 108 valence electrons. The van der Waals surface area contributed by atoms with Crippen molar-refractivity contribution in [2.24, 2.45) is 0 Å². The molecule has 0 fully saturated rings. The van der Waals surface area contributed by atoms with Crippen LogP contribution in [0.15, 0.2) is 23.1 Å². The number of ether oxygens (including phenoxy) is 1. The number of anilines is 1. The minimum Gasteiger partial charge on any atom is -0.495 e. The van der Waals surface area contributed by atoms with E-state index in [4.69, 9.17) is 16.3 Å². The van der Waals surface area contributed by atoms with Gasteiger partial charge in [-0.25, -0.2) is 8.42 Å². The number of sulfonamides is 1. The van der Waals surface area contributed by atoms with E-state index in [1.54, 1.807) is 13.8 Å². The van der Waals surface area contributed by atoms with E-state index in [1.165, 1.54) is 25.3 Å². The summed E-state index contributed by atoms with van der Waals surface area (Å²) >= 11 is 5.94. The quantitative estimate of drug-likeness (QED) is 0.908. The van der Waals surface area contributed by atoms with Gasteiger partial charge in [0.05, 0.1) is 34.1 Å². The maximum Gasteiger partial charge on any atom is 0.262 e. The first-order valence-electron chi connectivity index (χ1n) is 5.73. The number of benzene rings is 1. The number of aromatic amines is 1. The Balaban J connectivity index is 2.38. The molecule has 2 rings (SSSR count). The highest BCUT2D eigenvalue weighted by Gasteiger charge is 2.19. The summed E-state index contributed by atoms with van der Waals surface area (Å²) in [6.45, 7) is 3.45. The van der Waals surface area contributed by atoms with E-state index < -0.39 is 10.0 Å². The molecular formula is C12H14ClN3O3S. The van der Waals surface area contributed by atoms with Gasteiger partial charge in [-0.1, -0.05) is 11.6 Å². The van der Waals surface area contributed by atoms with Gasteiger partial charge in [0.25, 0.3) is 10.0 Å². The normalized spacial score (nSPS) is 11.4. The molecule has 0 unspecified atom stereocenters. The largest absolute Gasteiger partial charge is 0.495 e. The van der Waals surface area contributed by atoms with Crippen molar-refractivity contribution in [3.63, 3.8) is 0 Å².